The SMILES string of the molecule is C=CCc1ccccc1OC(CCCC)C(=O)OC. The lowest BCUT2D eigenvalue weighted by Crippen LogP contribution is -2.28. The molecular weight excluding hydrogens is 240 g/mol. The van der Waals surface area contributed by atoms with Gasteiger partial charge in [0.15, 0.2) is 6.10 Å². The zero-order valence-corrected chi connectivity index (χ0v) is 11.7. The summed E-state index contributed by atoms with van der Waals surface area (Å²) in [6.45, 7) is 5.81. The summed E-state index contributed by atoms with van der Waals surface area (Å²) in [6.07, 6.45) is 4.63. The number of methoxy groups -OCH3 is 1. The lowest BCUT2D eigenvalue weighted by molar-refractivity contribution is -0.149. The Morgan fingerprint density at radius 2 is 2.16 bits per heavy atom. The molecule has 0 saturated carbocycles. The summed E-state index contributed by atoms with van der Waals surface area (Å²) in [5.41, 5.74) is 1.03. The van der Waals surface area contributed by atoms with Crippen LogP contribution in [0.1, 0.15) is 31.7 Å². The minimum atomic E-state index is -0.532. The van der Waals surface area contributed by atoms with Gasteiger partial charge in [-0.25, -0.2) is 4.79 Å². The standard InChI is InChI=1S/C16H22O3/c1-4-6-11-15(16(17)18-3)19-14-12-8-7-10-13(14)9-5-2/h5,7-8,10,12,15H,2,4,6,9,11H2,1,3H3. The van der Waals surface area contributed by atoms with Crippen molar-refractivity contribution in [2.45, 2.75) is 38.7 Å². The second kappa shape index (κ2) is 8.35. The predicted octanol–water partition coefficient (Wildman–Crippen LogP) is 3.53. The average molecular weight is 262 g/mol. The smallest absolute Gasteiger partial charge is 0.347 e. The van der Waals surface area contributed by atoms with E-state index in [1.165, 1.54) is 7.11 Å². The fraction of sp³-hybridized carbons (Fsp3) is 0.438. The van der Waals surface area contributed by atoms with Gasteiger partial charge in [-0.1, -0.05) is 37.6 Å². The molecule has 1 unspecified atom stereocenters. The monoisotopic (exact) mass is 262 g/mol. The number of hydrogen-bond donors (Lipinski definition) is 0. The molecule has 0 aliphatic heterocycles. The molecule has 1 aromatic carbocycles. The first-order valence-corrected chi connectivity index (χ1v) is 6.66. The van der Waals surface area contributed by atoms with Crippen molar-refractivity contribution in [3.63, 3.8) is 0 Å². The molecule has 104 valence electrons. The van der Waals surface area contributed by atoms with Gasteiger partial charge in [0.1, 0.15) is 5.75 Å². The molecule has 0 heterocycles. The van der Waals surface area contributed by atoms with Crippen LogP contribution in [-0.4, -0.2) is 19.2 Å². The molecule has 3 heteroatoms. The maximum Gasteiger partial charge on any atom is 0.347 e. The fourth-order valence-electron chi connectivity index (χ4n) is 1.84. The van der Waals surface area contributed by atoms with E-state index in [1.807, 2.05) is 30.3 Å². The first kappa shape index (κ1) is 15.3. The van der Waals surface area contributed by atoms with Gasteiger partial charge in [-0.2, -0.15) is 0 Å². The molecule has 0 bridgehead atoms. The van der Waals surface area contributed by atoms with Crippen LogP contribution in [0.3, 0.4) is 0 Å². The predicted molar refractivity (Wildman–Crippen MR) is 76.3 cm³/mol. The van der Waals surface area contributed by atoms with E-state index in [9.17, 15) is 4.79 Å². The topological polar surface area (TPSA) is 35.5 Å². The van der Waals surface area contributed by atoms with Crippen LogP contribution in [-0.2, 0) is 16.0 Å². The van der Waals surface area contributed by atoms with Gasteiger partial charge in [-0.05, 0) is 30.9 Å². The minimum Gasteiger partial charge on any atom is -0.478 e. The third-order valence-corrected chi connectivity index (χ3v) is 2.89. The Bertz CT molecular complexity index is 412. The van der Waals surface area contributed by atoms with Crippen LogP contribution >= 0.6 is 0 Å². The van der Waals surface area contributed by atoms with E-state index in [0.717, 1.165) is 30.6 Å². The highest BCUT2D eigenvalue weighted by molar-refractivity contribution is 5.75. The van der Waals surface area contributed by atoms with Crippen molar-refractivity contribution in [1.29, 1.82) is 0 Å². The maximum atomic E-state index is 11.7. The number of esters is 1. The molecule has 3 nitrogen and oxygen atoms in total. The molecule has 0 aliphatic carbocycles. The largest absolute Gasteiger partial charge is 0.478 e. The van der Waals surface area contributed by atoms with Crippen LogP contribution in [0.2, 0.25) is 0 Å². The van der Waals surface area contributed by atoms with Crippen molar-refractivity contribution in [3.8, 4) is 5.75 Å². The van der Waals surface area contributed by atoms with Gasteiger partial charge < -0.3 is 9.47 Å². The molecule has 0 saturated heterocycles. The van der Waals surface area contributed by atoms with Crippen LogP contribution in [0.15, 0.2) is 36.9 Å². The van der Waals surface area contributed by atoms with Crippen molar-refractivity contribution in [3.05, 3.63) is 42.5 Å². The first-order valence-electron chi connectivity index (χ1n) is 6.66. The number of carbonyl (C=O) groups is 1. The van der Waals surface area contributed by atoms with Gasteiger partial charge in [0.25, 0.3) is 0 Å². The zero-order valence-electron chi connectivity index (χ0n) is 11.7. The summed E-state index contributed by atoms with van der Waals surface area (Å²) in [5.74, 6) is 0.413. The van der Waals surface area contributed by atoms with Gasteiger partial charge in [-0.3, -0.25) is 0 Å². The van der Waals surface area contributed by atoms with Gasteiger partial charge in [0.2, 0.25) is 0 Å². The highest BCUT2D eigenvalue weighted by Gasteiger charge is 2.21. The Morgan fingerprint density at radius 3 is 2.79 bits per heavy atom. The van der Waals surface area contributed by atoms with Crippen LogP contribution in [0.4, 0.5) is 0 Å². The molecule has 0 aliphatic rings. The van der Waals surface area contributed by atoms with Crippen molar-refractivity contribution < 1.29 is 14.3 Å². The Morgan fingerprint density at radius 1 is 1.42 bits per heavy atom. The Balaban J connectivity index is 2.82. The van der Waals surface area contributed by atoms with Crippen molar-refractivity contribution in [1.82, 2.24) is 0 Å². The molecule has 19 heavy (non-hydrogen) atoms. The van der Waals surface area contributed by atoms with E-state index in [1.54, 1.807) is 0 Å². The van der Waals surface area contributed by atoms with Crippen molar-refractivity contribution in [2.75, 3.05) is 7.11 Å². The van der Waals surface area contributed by atoms with E-state index >= 15 is 0 Å². The van der Waals surface area contributed by atoms with Crippen LogP contribution < -0.4 is 4.74 Å². The molecule has 0 radical (unpaired) electrons. The zero-order chi connectivity index (χ0) is 14.1. The first-order chi connectivity index (χ1) is 9.22. The van der Waals surface area contributed by atoms with E-state index in [0.29, 0.717) is 6.42 Å². The molecule has 0 amide bonds. The lowest BCUT2D eigenvalue weighted by atomic mass is 10.1. The third-order valence-electron chi connectivity index (χ3n) is 2.89. The molecular formula is C16H22O3. The Labute approximate surface area is 115 Å². The molecule has 1 atom stereocenters. The second-order valence-electron chi connectivity index (χ2n) is 4.37. The lowest BCUT2D eigenvalue weighted by Gasteiger charge is -2.18. The van der Waals surface area contributed by atoms with Gasteiger partial charge >= 0.3 is 5.97 Å². The fourth-order valence-corrected chi connectivity index (χ4v) is 1.84. The van der Waals surface area contributed by atoms with Crippen LogP contribution in [0, 0.1) is 0 Å². The van der Waals surface area contributed by atoms with Gasteiger partial charge in [0.05, 0.1) is 7.11 Å². The highest BCUT2D eigenvalue weighted by Crippen LogP contribution is 2.22. The number of allylic oxidation sites excluding steroid dienone is 1. The quantitative estimate of drug-likeness (QED) is 0.531. The molecule has 1 aromatic rings. The number of para-hydroxylation sites is 1. The summed E-state index contributed by atoms with van der Waals surface area (Å²) in [7, 11) is 1.39. The summed E-state index contributed by atoms with van der Waals surface area (Å²) < 4.78 is 10.6. The van der Waals surface area contributed by atoms with E-state index < -0.39 is 6.10 Å². The number of unbranched alkanes of at least 4 members (excludes halogenated alkanes) is 1. The number of carbonyl (C=O) groups excluding carboxylic acids is 1. The number of hydrogen-bond acceptors (Lipinski definition) is 3. The Hall–Kier alpha value is -1.77. The van der Waals surface area contributed by atoms with Crippen molar-refractivity contribution >= 4 is 5.97 Å². The maximum absolute atomic E-state index is 11.7. The summed E-state index contributed by atoms with van der Waals surface area (Å²) in [4.78, 5) is 11.7. The molecule has 0 aromatic heterocycles. The number of rotatable bonds is 8. The summed E-state index contributed by atoms with van der Waals surface area (Å²) in [5, 5.41) is 0. The number of ether oxygens (including phenoxy) is 2. The van der Waals surface area contributed by atoms with Crippen LogP contribution in [0.25, 0.3) is 0 Å². The normalized spacial score (nSPS) is 11.7. The minimum absolute atomic E-state index is 0.318. The molecule has 1 rings (SSSR count). The molecule has 0 spiro atoms. The summed E-state index contributed by atoms with van der Waals surface area (Å²) >= 11 is 0. The second-order valence-corrected chi connectivity index (χ2v) is 4.37. The van der Waals surface area contributed by atoms with E-state index in [-0.39, 0.29) is 5.97 Å². The van der Waals surface area contributed by atoms with Crippen molar-refractivity contribution in [2.24, 2.45) is 0 Å². The third kappa shape index (κ3) is 4.78. The Kier molecular flexibility index (Phi) is 6.72. The molecule has 0 fully saturated rings. The highest BCUT2D eigenvalue weighted by atomic mass is 16.6. The molecule has 0 N–H and O–H groups in total. The van der Waals surface area contributed by atoms with Gasteiger partial charge in [-0.15, -0.1) is 6.58 Å². The average Bonchev–Trinajstić information content (AvgIpc) is 2.44. The van der Waals surface area contributed by atoms with Crippen LogP contribution in [0.5, 0.6) is 5.75 Å². The van der Waals surface area contributed by atoms with Gasteiger partial charge in [0, 0.05) is 0 Å². The van der Waals surface area contributed by atoms with E-state index in [4.69, 9.17) is 9.47 Å². The van der Waals surface area contributed by atoms with E-state index in [2.05, 4.69) is 13.5 Å². The summed E-state index contributed by atoms with van der Waals surface area (Å²) in [6, 6.07) is 7.70. The number of benzene rings is 1.